The lowest BCUT2D eigenvalue weighted by molar-refractivity contribution is 0.0554. The summed E-state index contributed by atoms with van der Waals surface area (Å²) in [6.45, 7) is -0.405. The Morgan fingerprint density at radius 1 is 1.25 bits per heavy atom. The first-order valence-corrected chi connectivity index (χ1v) is 8.56. The van der Waals surface area contributed by atoms with Gasteiger partial charge in [-0.25, -0.2) is 13.2 Å². The molecule has 2 aromatic rings. The minimum Gasteiger partial charge on any atom is -0.447 e. The van der Waals surface area contributed by atoms with E-state index < -0.39 is 22.6 Å². The Balaban J connectivity index is 2.36. The molecule has 2 rings (SSSR count). The van der Waals surface area contributed by atoms with Gasteiger partial charge in [0, 0.05) is 12.1 Å². The Morgan fingerprint density at radius 2 is 1.96 bits per heavy atom. The number of nitrogens with zero attached hydrogens (tertiary/aromatic N) is 2. The predicted molar refractivity (Wildman–Crippen MR) is 89.4 cm³/mol. The molecule has 0 fully saturated rings. The standard InChI is InChI=1S/C16H13ClN2O4S/c1-19(14-6-3-5-13(17)11-14)24(21,22)15-7-2-4-12(10-15)16(20)23-9-8-18/h2-7,10-11H,9H2,1H3. The van der Waals surface area contributed by atoms with Crippen molar-refractivity contribution in [3.63, 3.8) is 0 Å². The molecular weight excluding hydrogens is 352 g/mol. The third-order valence-corrected chi connectivity index (χ3v) is 5.18. The van der Waals surface area contributed by atoms with E-state index in [-0.39, 0.29) is 10.5 Å². The molecule has 24 heavy (non-hydrogen) atoms. The number of benzene rings is 2. The van der Waals surface area contributed by atoms with Gasteiger partial charge < -0.3 is 4.74 Å². The van der Waals surface area contributed by atoms with Crippen LogP contribution in [0.25, 0.3) is 0 Å². The zero-order valence-electron chi connectivity index (χ0n) is 12.6. The Kier molecular flexibility index (Phi) is 5.44. The summed E-state index contributed by atoms with van der Waals surface area (Å²) in [7, 11) is -2.49. The van der Waals surface area contributed by atoms with Gasteiger partial charge in [0.1, 0.15) is 6.07 Å². The minimum absolute atomic E-state index is 0.0471. The van der Waals surface area contributed by atoms with Crippen LogP contribution in [-0.4, -0.2) is 28.0 Å². The maximum atomic E-state index is 12.7. The zero-order valence-corrected chi connectivity index (χ0v) is 14.2. The molecule has 0 aromatic heterocycles. The number of ether oxygens (including phenoxy) is 1. The summed E-state index contributed by atoms with van der Waals surface area (Å²) in [6, 6.07) is 13.5. The third-order valence-electron chi connectivity index (χ3n) is 3.17. The SMILES string of the molecule is CN(c1cccc(Cl)c1)S(=O)(=O)c1cccc(C(=O)OCC#N)c1. The molecule has 0 bridgehead atoms. The van der Waals surface area contributed by atoms with Crippen molar-refractivity contribution in [3.05, 3.63) is 59.1 Å². The monoisotopic (exact) mass is 364 g/mol. The average molecular weight is 365 g/mol. The number of hydrogen-bond donors (Lipinski definition) is 0. The number of sulfonamides is 1. The second-order valence-electron chi connectivity index (χ2n) is 4.71. The highest BCUT2D eigenvalue weighted by Crippen LogP contribution is 2.25. The highest BCUT2D eigenvalue weighted by atomic mass is 35.5. The highest BCUT2D eigenvalue weighted by molar-refractivity contribution is 7.92. The van der Waals surface area contributed by atoms with Crippen LogP contribution >= 0.6 is 11.6 Å². The molecule has 124 valence electrons. The fourth-order valence-electron chi connectivity index (χ4n) is 1.93. The van der Waals surface area contributed by atoms with Gasteiger partial charge in [-0.1, -0.05) is 23.7 Å². The van der Waals surface area contributed by atoms with Gasteiger partial charge in [-0.3, -0.25) is 4.31 Å². The van der Waals surface area contributed by atoms with Crippen molar-refractivity contribution in [1.29, 1.82) is 5.26 Å². The van der Waals surface area contributed by atoms with Crippen molar-refractivity contribution in [2.45, 2.75) is 4.90 Å². The summed E-state index contributed by atoms with van der Waals surface area (Å²) < 4.78 is 31.2. The maximum Gasteiger partial charge on any atom is 0.339 e. The molecule has 0 aliphatic carbocycles. The van der Waals surface area contributed by atoms with Crippen molar-refractivity contribution >= 4 is 33.3 Å². The summed E-state index contributed by atoms with van der Waals surface area (Å²) in [5.41, 5.74) is 0.436. The van der Waals surface area contributed by atoms with E-state index >= 15 is 0 Å². The lowest BCUT2D eigenvalue weighted by atomic mass is 10.2. The topological polar surface area (TPSA) is 87.5 Å². The number of hydrogen-bond acceptors (Lipinski definition) is 5. The highest BCUT2D eigenvalue weighted by Gasteiger charge is 2.22. The molecule has 8 heteroatoms. The summed E-state index contributed by atoms with van der Waals surface area (Å²) in [5, 5.41) is 8.83. The van der Waals surface area contributed by atoms with Gasteiger partial charge in [0.05, 0.1) is 16.1 Å². The molecule has 0 saturated heterocycles. The van der Waals surface area contributed by atoms with E-state index in [4.69, 9.17) is 16.9 Å². The van der Waals surface area contributed by atoms with Crippen LogP contribution in [0.3, 0.4) is 0 Å². The fourth-order valence-corrected chi connectivity index (χ4v) is 3.35. The molecule has 6 nitrogen and oxygen atoms in total. The van der Waals surface area contributed by atoms with Crippen LogP contribution in [0.15, 0.2) is 53.4 Å². The molecule has 0 radical (unpaired) electrons. The van der Waals surface area contributed by atoms with E-state index in [1.165, 1.54) is 37.4 Å². The largest absolute Gasteiger partial charge is 0.447 e. The van der Waals surface area contributed by atoms with Gasteiger partial charge in [0.2, 0.25) is 0 Å². The first-order chi connectivity index (χ1) is 11.4. The Bertz CT molecular complexity index is 906. The van der Waals surface area contributed by atoms with Crippen LogP contribution < -0.4 is 4.31 Å². The smallest absolute Gasteiger partial charge is 0.339 e. The number of esters is 1. The lowest BCUT2D eigenvalue weighted by Gasteiger charge is -2.20. The quantitative estimate of drug-likeness (QED) is 0.761. The summed E-state index contributed by atoms with van der Waals surface area (Å²) in [5.74, 6) is -0.765. The molecular formula is C16H13ClN2O4S. The van der Waals surface area contributed by atoms with Crippen molar-refractivity contribution in [2.75, 3.05) is 18.0 Å². The number of halogens is 1. The van der Waals surface area contributed by atoms with Crippen LogP contribution in [0, 0.1) is 11.3 Å². The molecule has 0 saturated carbocycles. The summed E-state index contributed by atoms with van der Waals surface area (Å²) >= 11 is 5.89. The number of rotatable bonds is 5. The lowest BCUT2D eigenvalue weighted by Crippen LogP contribution is -2.26. The third kappa shape index (κ3) is 3.85. The van der Waals surface area contributed by atoms with Crippen LogP contribution in [-0.2, 0) is 14.8 Å². The van der Waals surface area contributed by atoms with E-state index in [1.807, 2.05) is 0 Å². The van der Waals surface area contributed by atoms with E-state index in [9.17, 15) is 13.2 Å². The molecule has 0 N–H and O–H groups in total. The number of nitriles is 1. The molecule has 0 aliphatic rings. The van der Waals surface area contributed by atoms with Gasteiger partial charge in [0.15, 0.2) is 6.61 Å². The number of anilines is 1. The molecule has 0 spiro atoms. The molecule has 0 unspecified atom stereocenters. The Hall–Kier alpha value is -2.56. The molecule has 0 atom stereocenters. The number of carbonyl (C=O) groups is 1. The van der Waals surface area contributed by atoms with Gasteiger partial charge >= 0.3 is 5.97 Å². The van der Waals surface area contributed by atoms with Crippen molar-refractivity contribution < 1.29 is 17.9 Å². The summed E-state index contributed by atoms with van der Waals surface area (Å²) in [6.07, 6.45) is 0. The van der Waals surface area contributed by atoms with Gasteiger partial charge in [-0.05, 0) is 36.4 Å². The first-order valence-electron chi connectivity index (χ1n) is 6.75. The molecule has 0 heterocycles. The second-order valence-corrected chi connectivity index (χ2v) is 7.12. The normalized spacial score (nSPS) is 10.7. The average Bonchev–Trinajstić information content (AvgIpc) is 2.59. The van der Waals surface area contributed by atoms with Crippen LogP contribution in [0.4, 0.5) is 5.69 Å². The van der Waals surface area contributed by atoms with Gasteiger partial charge in [-0.2, -0.15) is 5.26 Å². The Labute approximate surface area is 144 Å². The number of carbonyl (C=O) groups excluding carboxylic acids is 1. The van der Waals surface area contributed by atoms with Crippen molar-refractivity contribution in [2.24, 2.45) is 0 Å². The summed E-state index contributed by atoms with van der Waals surface area (Å²) in [4.78, 5) is 11.7. The first kappa shape index (κ1) is 17.8. The van der Waals surface area contributed by atoms with Crippen LogP contribution in [0.1, 0.15) is 10.4 Å². The molecule has 2 aromatic carbocycles. The second kappa shape index (κ2) is 7.34. The van der Waals surface area contributed by atoms with Crippen LogP contribution in [0.5, 0.6) is 0 Å². The fraction of sp³-hybridized carbons (Fsp3) is 0.125. The van der Waals surface area contributed by atoms with E-state index in [1.54, 1.807) is 24.3 Å². The Morgan fingerprint density at radius 3 is 2.62 bits per heavy atom. The van der Waals surface area contributed by atoms with E-state index in [2.05, 4.69) is 4.74 Å². The van der Waals surface area contributed by atoms with Crippen molar-refractivity contribution in [3.8, 4) is 6.07 Å². The predicted octanol–water partition coefficient (Wildman–Crippen LogP) is 2.85. The van der Waals surface area contributed by atoms with Crippen molar-refractivity contribution in [1.82, 2.24) is 0 Å². The van der Waals surface area contributed by atoms with E-state index in [0.29, 0.717) is 10.7 Å². The van der Waals surface area contributed by atoms with Gasteiger partial charge in [0.25, 0.3) is 10.0 Å². The molecule has 0 aliphatic heterocycles. The van der Waals surface area contributed by atoms with Crippen LogP contribution in [0.2, 0.25) is 5.02 Å². The minimum atomic E-state index is -3.88. The molecule has 0 amide bonds. The zero-order chi connectivity index (χ0) is 17.7. The maximum absolute atomic E-state index is 12.7. The van der Waals surface area contributed by atoms with E-state index in [0.717, 1.165) is 4.31 Å². The van der Waals surface area contributed by atoms with Gasteiger partial charge in [-0.15, -0.1) is 0 Å².